The van der Waals surface area contributed by atoms with Gasteiger partial charge in [0.15, 0.2) is 11.2 Å². The third kappa shape index (κ3) is 2.72. The average Bonchev–Trinajstić information content (AvgIpc) is 3.19. The molecule has 2 aromatic heterocycles. The van der Waals surface area contributed by atoms with E-state index in [1.165, 1.54) is 11.8 Å². The number of hydrogen-bond donors (Lipinski definition) is 0. The summed E-state index contributed by atoms with van der Waals surface area (Å²) in [6.45, 7) is 2.45. The number of fused-ring (bicyclic) bond motifs is 1. The van der Waals surface area contributed by atoms with Gasteiger partial charge in [0.2, 0.25) is 5.55 Å². The summed E-state index contributed by atoms with van der Waals surface area (Å²) < 4.78 is 7.73. The van der Waals surface area contributed by atoms with Crippen molar-refractivity contribution in [1.29, 1.82) is 0 Å². The van der Waals surface area contributed by atoms with Crippen LogP contribution in [0.2, 0.25) is 0 Å². The fourth-order valence-electron chi connectivity index (χ4n) is 2.74. The molecule has 0 N–H and O–H groups in total. The van der Waals surface area contributed by atoms with Crippen LogP contribution in [0.25, 0.3) is 11.0 Å². The number of aliphatic imine (C=N–C) groups is 1. The summed E-state index contributed by atoms with van der Waals surface area (Å²) in [5, 5.41) is 0.626. The van der Waals surface area contributed by atoms with Crippen molar-refractivity contribution in [3.05, 3.63) is 47.6 Å². The molecule has 7 nitrogen and oxygen atoms in total. The highest BCUT2D eigenvalue weighted by Gasteiger charge is 2.38. The van der Waals surface area contributed by atoms with Gasteiger partial charge in [-0.05, 0) is 41.9 Å². The summed E-state index contributed by atoms with van der Waals surface area (Å²) in [7, 11) is 3.81. The summed E-state index contributed by atoms with van der Waals surface area (Å²) >= 11 is 1.29. The molecule has 0 bridgehead atoms. The highest BCUT2D eigenvalue weighted by molar-refractivity contribution is 8.23. The minimum Gasteiger partial charge on any atom is -0.434 e. The van der Waals surface area contributed by atoms with Crippen molar-refractivity contribution in [3.8, 4) is 0 Å². The average molecular weight is 368 g/mol. The Balaban J connectivity index is 1.81. The van der Waals surface area contributed by atoms with Gasteiger partial charge in [0.25, 0.3) is 11.1 Å². The first-order valence-corrected chi connectivity index (χ1v) is 9.05. The van der Waals surface area contributed by atoms with Crippen LogP contribution in [0.5, 0.6) is 0 Å². The van der Waals surface area contributed by atoms with Crippen LogP contribution in [-0.2, 0) is 11.8 Å². The molecule has 0 unspecified atom stereocenters. The minimum absolute atomic E-state index is 0.135. The Labute approximate surface area is 154 Å². The molecule has 2 aromatic rings. The molecule has 0 atom stereocenters. The maximum absolute atomic E-state index is 12.9. The Bertz CT molecular complexity index is 1070. The van der Waals surface area contributed by atoms with Gasteiger partial charge in [0.05, 0.1) is 13.2 Å². The van der Waals surface area contributed by atoms with Gasteiger partial charge in [-0.3, -0.25) is 9.69 Å². The van der Waals surface area contributed by atoms with Gasteiger partial charge in [-0.15, -0.1) is 0 Å². The Hall–Kier alpha value is -2.87. The number of aromatic nitrogens is 2. The standard InChI is InChI=1S/C18H18N5O2S/c1-4-23-17(24)14(16-20-15-12(25-16)8-7-11-22(15)3)26-18(23)19-13-9-5-6-10-21(13)2/h5-11H,4H2,1-3H3/q+1/b16-14-. The summed E-state index contributed by atoms with van der Waals surface area (Å²) in [6.07, 6.45) is 7.53. The molecule has 0 spiro atoms. The van der Waals surface area contributed by atoms with E-state index < -0.39 is 0 Å². The zero-order valence-electron chi connectivity index (χ0n) is 14.7. The lowest BCUT2D eigenvalue weighted by molar-refractivity contribution is -0.658. The molecule has 1 fully saturated rings. The molecule has 4 rings (SSSR count). The normalized spacial score (nSPS) is 20.0. The predicted molar refractivity (Wildman–Crippen MR) is 101 cm³/mol. The lowest BCUT2D eigenvalue weighted by Crippen LogP contribution is -2.31. The Morgan fingerprint density at radius 3 is 2.96 bits per heavy atom. The molecule has 0 aromatic carbocycles. The summed E-state index contributed by atoms with van der Waals surface area (Å²) in [5.41, 5.74) is 0.978. The van der Waals surface area contributed by atoms with Gasteiger partial charge < -0.3 is 9.32 Å². The summed E-state index contributed by atoms with van der Waals surface area (Å²) in [5.74, 6) is 1.34. The third-order valence-electron chi connectivity index (χ3n) is 4.14. The molecule has 132 valence electrons. The number of carbonyl (C=O) groups is 1. The number of amides is 1. The molecular weight excluding hydrogens is 350 g/mol. The fourth-order valence-corrected chi connectivity index (χ4v) is 3.75. The van der Waals surface area contributed by atoms with Crippen LogP contribution in [0.1, 0.15) is 6.92 Å². The lowest BCUT2D eigenvalue weighted by Gasteiger charge is -2.10. The third-order valence-corrected chi connectivity index (χ3v) is 5.19. The SMILES string of the molecule is CCN1C(=O)/C(=c2\nc3c(o2)=CC=CN3C)S/C1=N\c1cccc[n+]1C. The topological polar surface area (TPSA) is 65.8 Å². The van der Waals surface area contributed by atoms with E-state index in [4.69, 9.17) is 4.42 Å². The molecule has 0 saturated carbocycles. The Kier molecular flexibility index (Phi) is 4.12. The van der Waals surface area contributed by atoms with E-state index >= 15 is 0 Å². The highest BCUT2D eigenvalue weighted by Crippen LogP contribution is 2.32. The molecule has 4 heterocycles. The van der Waals surface area contributed by atoms with Crippen molar-refractivity contribution in [2.24, 2.45) is 12.0 Å². The summed E-state index contributed by atoms with van der Waals surface area (Å²) in [4.78, 5) is 26.0. The zero-order valence-corrected chi connectivity index (χ0v) is 15.5. The number of nitrogens with zero attached hydrogens (tertiary/aromatic N) is 5. The molecule has 26 heavy (non-hydrogen) atoms. The number of amidine groups is 1. The monoisotopic (exact) mass is 368 g/mol. The molecule has 2 aliphatic heterocycles. The predicted octanol–water partition coefficient (Wildman–Crippen LogP) is 0.634. The largest absolute Gasteiger partial charge is 0.434 e. The minimum atomic E-state index is -0.135. The number of aryl methyl sites for hydroxylation is 1. The highest BCUT2D eigenvalue weighted by atomic mass is 32.2. The van der Waals surface area contributed by atoms with Gasteiger partial charge in [-0.25, -0.2) is 4.57 Å². The molecule has 1 amide bonds. The van der Waals surface area contributed by atoms with Gasteiger partial charge in [0, 0.05) is 25.9 Å². The van der Waals surface area contributed by atoms with Crippen molar-refractivity contribution >= 4 is 45.5 Å². The molecule has 8 heteroatoms. The first-order valence-electron chi connectivity index (χ1n) is 8.24. The maximum Gasteiger partial charge on any atom is 0.326 e. The Morgan fingerprint density at radius 1 is 1.38 bits per heavy atom. The van der Waals surface area contributed by atoms with Crippen LogP contribution in [0.15, 0.2) is 46.1 Å². The number of rotatable bonds is 2. The number of pyridine rings is 1. The molecule has 0 aliphatic carbocycles. The van der Waals surface area contributed by atoms with Crippen molar-refractivity contribution < 1.29 is 13.8 Å². The first-order chi connectivity index (χ1) is 12.6. The first kappa shape index (κ1) is 16.6. The summed E-state index contributed by atoms with van der Waals surface area (Å²) in [6, 6.07) is 5.76. The van der Waals surface area contributed by atoms with E-state index in [1.807, 2.05) is 73.2 Å². The van der Waals surface area contributed by atoms with Crippen LogP contribution in [0, 0.1) is 0 Å². The maximum atomic E-state index is 12.9. The molecular formula is C18H18N5O2S+. The van der Waals surface area contributed by atoms with Gasteiger partial charge in [-0.1, -0.05) is 6.07 Å². The van der Waals surface area contributed by atoms with Crippen LogP contribution >= 0.6 is 11.8 Å². The van der Waals surface area contributed by atoms with E-state index in [1.54, 1.807) is 4.90 Å². The lowest BCUT2D eigenvalue weighted by atomic mass is 10.4. The van der Waals surface area contributed by atoms with E-state index in [0.29, 0.717) is 33.4 Å². The van der Waals surface area contributed by atoms with Gasteiger partial charge in [-0.2, -0.15) is 4.98 Å². The fraction of sp³-hybridized carbons (Fsp3) is 0.222. The second kappa shape index (κ2) is 6.45. The zero-order chi connectivity index (χ0) is 18.3. The smallest absolute Gasteiger partial charge is 0.326 e. The number of anilines is 1. The van der Waals surface area contributed by atoms with Gasteiger partial charge >= 0.3 is 5.82 Å². The van der Waals surface area contributed by atoms with Crippen LogP contribution < -0.4 is 20.4 Å². The van der Waals surface area contributed by atoms with E-state index in [-0.39, 0.29) is 5.91 Å². The van der Waals surface area contributed by atoms with Crippen molar-refractivity contribution in [3.63, 3.8) is 0 Å². The second-order valence-electron chi connectivity index (χ2n) is 5.87. The van der Waals surface area contributed by atoms with Crippen molar-refractivity contribution in [1.82, 2.24) is 9.88 Å². The van der Waals surface area contributed by atoms with Crippen LogP contribution in [0.3, 0.4) is 0 Å². The van der Waals surface area contributed by atoms with Gasteiger partial charge in [0.1, 0.15) is 4.91 Å². The van der Waals surface area contributed by atoms with Crippen LogP contribution in [-0.4, -0.2) is 34.6 Å². The van der Waals surface area contributed by atoms with Crippen LogP contribution in [0.4, 0.5) is 11.6 Å². The number of hydrogen-bond acceptors (Lipinski definition) is 6. The van der Waals surface area contributed by atoms with E-state index in [0.717, 1.165) is 5.82 Å². The molecule has 0 radical (unpaired) electrons. The number of carbonyl (C=O) groups excluding carboxylic acids is 1. The van der Waals surface area contributed by atoms with E-state index in [2.05, 4.69) is 9.98 Å². The second-order valence-corrected chi connectivity index (χ2v) is 6.85. The quantitative estimate of drug-likeness (QED) is 0.728. The molecule has 2 aliphatic rings. The molecule has 1 saturated heterocycles. The number of thioether (sulfide) groups is 1. The van der Waals surface area contributed by atoms with E-state index in [9.17, 15) is 4.79 Å². The number of allylic oxidation sites excluding steroid dienone is 1. The van der Waals surface area contributed by atoms with Crippen molar-refractivity contribution in [2.75, 3.05) is 18.5 Å². The Morgan fingerprint density at radius 2 is 2.23 bits per heavy atom. The van der Waals surface area contributed by atoms with Crippen molar-refractivity contribution in [2.45, 2.75) is 6.92 Å². The number of oxazole rings is 1.